The highest BCUT2D eigenvalue weighted by atomic mass is 35.5. The van der Waals surface area contributed by atoms with Crippen LogP contribution < -0.4 is 10.7 Å². The van der Waals surface area contributed by atoms with Crippen molar-refractivity contribution in [2.75, 3.05) is 13.1 Å². The molecule has 0 atom stereocenters. The molecule has 0 unspecified atom stereocenters. The Balaban J connectivity index is 1.81. The van der Waals surface area contributed by atoms with Crippen LogP contribution in [0.15, 0.2) is 59.4 Å². The molecule has 0 radical (unpaired) electrons. The van der Waals surface area contributed by atoms with E-state index < -0.39 is 11.3 Å². The standard InChI is InChI=1S/C24H27ClN4O2/c1-4-28(5-2)16-19-9-7-6-8-18(19)15-26-24(31)23-22(30)14-17(3)29(27-23)21-12-10-20(25)11-13-21/h6-14H,4-5,15-16H2,1-3H3,(H,26,31). The Morgan fingerprint density at radius 1 is 1.06 bits per heavy atom. The molecule has 0 bridgehead atoms. The van der Waals surface area contributed by atoms with Crippen LogP contribution in [0.25, 0.3) is 5.69 Å². The Kier molecular flexibility index (Phi) is 7.60. The van der Waals surface area contributed by atoms with Crippen LogP contribution in [0.4, 0.5) is 0 Å². The van der Waals surface area contributed by atoms with Crippen molar-refractivity contribution in [3.63, 3.8) is 0 Å². The van der Waals surface area contributed by atoms with Crippen molar-refractivity contribution in [2.24, 2.45) is 0 Å². The smallest absolute Gasteiger partial charge is 0.276 e. The number of nitrogens with zero attached hydrogens (tertiary/aromatic N) is 3. The molecule has 0 aliphatic rings. The van der Waals surface area contributed by atoms with E-state index in [4.69, 9.17) is 11.6 Å². The van der Waals surface area contributed by atoms with Crippen molar-refractivity contribution in [3.8, 4) is 5.69 Å². The summed E-state index contributed by atoms with van der Waals surface area (Å²) in [7, 11) is 0. The molecule has 0 saturated heterocycles. The minimum Gasteiger partial charge on any atom is -0.346 e. The second-order valence-corrected chi connectivity index (χ2v) is 7.74. The first-order chi connectivity index (χ1) is 14.9. The quantitative estimate of drug-likeness (QED) is 0.578. The molecule has 1 amide bonds. The molecule has 1 heterocycles. The Hall–Kier alpha value is -2.96. The molecule has 0 spiro atoms. The summed E-state index contributed by atoms with van der Waals surface area (Å²) >= 11 is 5.96. The maximum Gasteiger partial charge on any atom is 0.276 e. The molecular weight excluding hydrogens is 412 g/mol. The lowest BCUT2D eigenvalue weighted by Gasteiger charge is -2.20. The summed E-state index contributed by atoms with van der Waals surface area (Å²) in [4.78, 5) is 27.6. The lowest BCUT2D eigenvalue weighted by Crippen LogP contribution is -2.32. The number of carbonyl (C=O) groups is 1. The molecule has 3 rings (SSSR count). The first-order valence-corrected chi connectivity index (χ1v) is 10.7. The molecule has 0 fully saturated rings. The molecule has 1 N–H and O–H groups in total. The van der Waals surface area contributed by atoms with Crippen LogP contribution in [0.1, 0.15) is 41.2 Å². The minimum absolute atomic E-state index is 0.137. The van der Waals surface area contributed by atoms with Crippen molar-refractivity contribution in [1.29, 1.82) is 0 Å². The molecule has 0 saturated carbocycles. The highest BCUT2D eigenvalue weighted by Crippen LogP contribution is 2.14. The molecule has 31 heavy (non-hydrogen) atoms. The molecule has 3 aromatic rings. The second-order valence-electron chi connectivity index (χ2n) is 7.30. The fourth-order valence-corrected chi connectivity index (χ4v) is 3.51. The number of hydrogen-bond acceptors (Lipinski definition) is 4. The van der Waals surface area contributed by atoms with Crippen LogP contribution in [-0.4, -0.2) is 33.7 Å². The van der Waals surface area contributed by atoms with Gasteiger partial charge in [0, 0.05) is 29.9 Å². The number of hydrogen-bond donors (Lipinski definition) is 1. The monoisotopic (exact) mass is 438 g/mol. The molecule has 0 aliphatic carbocycles. The number of aromatic nitrogens is 2. The summed E-state index contributed by atoms with van der Waals surface area (Å²) in [5.41, 5.74) is 2.99. The fraction of sp³-hybridized carbons (Fsp3) is 0.292. The van der Waals surface area contributed by atoms with Gasteiger partial charge in [-0.25, -0.2) is 4.68 Å². The Bertz CT molecular complexity index is 1110. The van der Waals surface area contributed by atoms with E-state index in [1.54, 1.807) is 35.9 Å². The number of halogens is 1. The maximum absolute atomic E-state index is 12.8. The van der Waals surface area contributed by atoms with Gasteiger partial charge in [0.05, 0.1) is 5.69 Å². The SMILES string of the molecule is CCN(CC)Cc1ccccc1CNC(=O)c1nn(-c2ccc(Cl)cc2)c(C)cc1=O. The van der Waals surface area contributed by atoms with Crippen molar-refractivity contribution < 1.29 is 4.79 Å². The second kappa shape index (κ2) is 10.4. The third kappa shape index (κ3) is 5.60. The van der Waals surface area contributed by atoms with Crippen LogP contribution in [0, 0.1) is 6.92 Å². The fourth-order valence-electron chi connectivity index (χ4n) is 3.38. The van der Waals surface area contributed by atoms with Gasteiger partial charge in [0.1, 0.15) is 0 Å². The zero-order valence-electron chi connectivity index (χ0n) is 18.1. The van der Waals surface area contributed by atoms with Gasteiger partial charge in [-0.1, -0.05) is 49.7 Å². The highest BCUT2D eigenvalue weighted by molar-refractivity contribution is 6.30. The lowest BCUT2D eigenvalue weighted by molar-refractivity contribution is 0.0942. The van der Waals surface area contributed by atoms with Crippen molar-refractivity contribution >= 4 is 17.5 Å². The van der Waals surface area contributed by atoms with Gasteiger partial charge in [0.25, 0.3) is 5.91 Å². The number of rotatable bonds is 8. The normalized spacial score (nSPS) is 11.0. The van der Waals surface area contributed by atoms with Gasteiger partial charge in [0.2, 0.25) is 5.43 Å². The van der Waals surface area contributed by atoms with Crippen LogP contribution in [-0.2, 0) is 13.1 Å². The third-order valence-electron chi connectivity index (χ3n) is 5.24. The predicted octanol–water partition coefficient (Wildman–Crippen LogP) is 3.97. The van der Waals surface area contributed by atoms with Gasteiger partial charge < -0.3 is 5.32 Å². The molecule has 7 heteroatoms. The number of aryl methyl sites for hydroxylation is 1. The number of amides is 1. The Morgan fingerprint density at radius 2 is 1.71 bits per heavy atom. The zero-order valence-corrected chi connectivity index (χ0v) is 18.8. The Labute approximate surface area is 187 Å². The van der Waals surface area contributed by atoms with Gasteiger partial charge in [-0.2, -0.15) is 5.10 Å². The molecular formula is C24H27ClN4O2. The highest BCUT2D eigenvalue weighted by Gasteiger charge is 2.16. The van der Waals surface area contributed by atoms with E-state index in [1.807, 2.05) is 18.2 Å². The summed E-state index contributed by atoms with van der Waals surface area (Å²) in [6, 6.07) is 16.5. The molecule has 162 valence electrons. The van der Waals surface area contributed by atoms with E-state index in [2.05, 4.69) is 35.2 Å². The summed E-state index contributed by atoms with van der Waals surface area (Å²) in [6.45, 7) is 9.07. The number of nitrogens with one attached hydrogen (secondary N) is 1. The van der Waals surface area contributed by atoms with Crippen molar-refractivity contribution in [3.05, 3.63) is 92.4 Å². The van der Waals surface area contributed by atoms with Crippen LogP contribution in [0.3, 0.4) is 0 Å². The summed E-state index contributed by atoms with van der Waals surface area (Å²) < 4.78 is 1.57. The largest absolute Gasteiger partial charge is 0.346 e. The minimum atomic E-state index is -0.495. The maximum atomic E-state index is 12.8. The molecule has 0 aliphatic heterocycles. The first kappa shape index (κ1) is 22.7. The van der Waals surface area contributed by atoms with Crippen molar-refractivity contribution in [2.45, 2.75) is 33.9 Å². The van der Waals surface area contributed by atoms with Gasteiger partial charge in [-0.05, 0) is 55.4 Å². The first-order valence-electron chi connectivity index (χ1n) is 10.4. The summed E-state index contributed by atoms with van der Waals surface area (Å²) in [6.07, 6.45) is 0. The predicted molar refractivity (Wildman–Crippen MR) is 124 cm³/mol. The van der Waals surface area contributed by atoms with Gasteiger partial charge in [-0.15, -0.1) is 0 Å². The van der Waals surface area contributed by atoms with E-state index in [9.17, 15) is 9.59 Å². The molecule has 2 aromatic carbocycles. The van der Waals surface area contributed by atoms with Crippen LogP contribution in [0.5, 0.6) is 0 Å². The van der Waals surface area contributed by atoms with E-state index in [-0.39, 0.29) is 5.69 Å². The molecule has 6 nitrogen and oxygen atoms in total. The third-order valence-corrected chi connectivity index (χ3v) is 5.49. The number of carbonyl (C=O) groups excluding carboxylic acids is 1. The number of benzene rings is 2. The average molecular weight is 439 g/mol. The van der Waals surface area contributed by atoms with Gasteiger partial charge in [-0.3, -0.25) is 14.5 Å². The van der Waals surface area contributed by atoms with E-state index in [1.165, 1.54) is 6.07 Å². The summed E-state index contributed by atoms with van der Waals surface area (Å²) in [5.74, 6) is -0.495. The van der Waals surface area contributed by atoms with E-state index in [0.29, 0.717) is 17.3 Å². The van der Waals surface area contributed by atoms with Crippen LogP contribution >= 0.6 is 11.6 Å². The van der Waals surface area contributed by atoms with Crippen LogP contribution in [0.2, 0.25) is 5.02 Å². The lowest BCUT2D eigenvalue weighted by atomic mass is 10.1. The molecule has 1 aromatic heterocycles. The van der Waals surface area contributed by atoms with Gasteiger partial charge >= 0.3 is 0 Å². The van der Waals surface area contributed by atoms with Gasteiger partial charge in [0.15, 0.2) is 5.69 Å². The summed E-state index contributed by atoms with van der Waals surface area (Å²) in [5, 5.41) is 7.78. The zero-order chi connectivity index (χ0) is 22.4. The Morgan fingerprint density at radius 3 is 2.35 bits per heavy atom. The average Bonchev–Trinajstić information content (AvgIpc) is 2.77. The van der Waals surface area contributed by atoms with E-state index >= 15 is 0 Å². The van der Waals surface area contributed by atoms with Crippen molar-refractivity contribution in [1.82, 2.24) is 20.0 Å². The topological polar surface area (TPSA) is 67.2 Å². The van der Waals surface area contributed by atoms with E-state index in [0.717, 1.165) is 36.4 Å².